The lowest BCUT2D eigenvalue weighted by Crippen LogP contribution is -2.08. The van der Waals surface area contributed by atoms with Crippen molar-refractivity contribution >= 4 is 5.97 Å². The second-order valence-corrected chi connectivity index (χ2v) is 3.98. The molecule has 1 heterocycles. The Morgan fingerprint density at radius 1 is 1.53 bits per heavy atom. The molecule has 0 spiro atoms. The van der Waals surface area contributed by atoms with Gasteiger partial charge < -0.3 is 9.15 Å². The molecule has 3 heteroatoms. The molecule has 0 atom stereocenters. The maximum atomic E-state index is 11.3. The number of aryl methyl sites for hydroxylation is 1. The van der Waals surface area contributed by atoms with E-state index in [1.165, 1.54) is 0 Å². The summed E-state index contributed by atoms with van der Waals surface area (Å²) in [4.78, 5) is 11.3. The number of furan rings is 1. The SMILES string of the molecule is CC(C)CCOC(=O)CCc1ccco1. The third-order valence-corrected chi connectivity index (χ3v) is 2.11. The van der Waals surface area contributed by atoms with Gasteiger partial charge >= 0.3 is 5.97 Å². The van der Waals surface area contributed by atoms with Gasteiger partial charge in [0.2, 0.25) is 0 Å². The standard InChI is InChI=1S/C12H18O3/c1-10(2)7-9-15-12(13)6-5-11-4-3-8-14-11/h3-4,8,10H,5-7,9H2,1-2H3. The molecule has 0 aliphatic carbocycles. The number of esters is 1. The molecule has 0 aliphatic rings. The molecule has 0 saturated carbocycles. The molecular formula is C12H18O3. The van der Waals surface area contributed by atoms with Gasteiger partial charge in [0, 0.05) is 6.42 Å². The molecule has 0 aromatic carbocycles. The van der Waals surface area contributed by atoms with E-state index in [0.717, 1.165) is 12.2 Å². The molecule has 0 bridgehead atoms. The van der Waals surface area contributed by atoms with Gasteiger partial charge in [-0.2, -0.15) is 0 Å². The van der Waals surface area contributed by atoms with Crippen molar-refractivity contribution in [1.82, 2.24) is 0 Å². The molecule has 3 nitrogen and oxygen atoms in total. The van der Waals surface area contributed by atoms with Crippen LogP contribution in [0.2, 0.25) is 0 Å². The van der Waals surface area contributed by atoms with Gasteiger partial charge in [-0.25, -0.2) is 0 Å². The van der Waals surface area contributed by atoms with Crippen LogP contribution in [0.4, 0.5) is 0 Å². The molecule has 0 aliphatic heterocycles. The summed E-state index contributed by atoms with van der Waals surface area (Å²) >= 11 is 0. The Balaban J connectivity index is 2.09. The quantitative estimate of drug-likeness (QED) is 0.678. The lowest BCUT2D eigenvalue weighted by Gasteiger charge is -2.05. The average molecular weight is 210 g/mol. The second kappa shape index (κ2) is 6.27. The number of hydrogen-bond acceptors (Lipinski definition) is 3. The zero-order chi connectivity index (χ0) is 11.1. The monoisotopic (exact) mass is 210 g/mol. The first-order chi connectivity index (χ1) is 7.18. The summed E-state index contributed by atoms with van der Waals surface area (Å²) in [6, 6.07) is 3.68. The maximum absolute atomic E-state index is 11.3. The smallest absolute Gasteiger partial charge is 0.306 e. The van der Waals surface area contributed by atoms with Crippen molar-refractivity contribution in [3.8, 4) is 0 Å². The number of rotatable bonds is 6. The van der Waals surface area contributed by atoms with Crippen molar-refractivity contribution < 1.29 is 13.9 Å². The molecule has 0 N–H and O–H groups in total. The highest BCUT2D eigenvalue weighted by Crippen LogP contribution is 2.05. The Morgan fingerprint density at radius 3 is 2.93 bits per heavy atom. The molecule has 0 radical (unpaired) electrons. The third kappa shape index (κ3) is 5.25. The van der Waals surface area contributed by atoms with Crippen LogP contribution in [0, 0.1) is 5.92 Å². The van der Waals surface area contributed by atoms with Crippen molar-refractivity contribution in [3.05, 3.63) is 24.2 Å². The Kier molecular flexibility index (Phi) is 4.95. The van der Waals surface area contributed by atoms with E-state index >= 15 is 0 Å². The molecule has 1 aromatic rings. The van der Waals surface area contributed by atoms with E-state index in [2.05, 4.69) is 13.8 Å². The summed E-state index contributed by atoms with van der Waals surface area (Å²) in [5, 5.41) is 0. The largest absolute Gasteiger partial charge is 0.469 e. The predicted octanol–water partition coefficient (Wildman–Crippen LogP) is 2.80. The minimum Gasteiger partial charge on any atom is -0.469 e. The zero-order valence-corrected chi connectivity index (χ0v) is 9.36. The number of carbonyl (C=O) groups is 1. The van der Waals surface area contributed by atoms with Crippen LogP contribution in [0.3, 0.4) is 0 Å². The minimum atomic E-state index is -0.146. The van der Waals surface area contributed by atoms with E-state index in [4.69, 9.17) is 9.15 Å². The van der Waals surface area contributed by atoms with Gasteiger partial charge in [-0.3, -0.25) is 4.79 Å². The molecule has 84 valence electrons. The average Bonchev–Trinajstić information content (AvgIpc) is 2.66. The van der Waals surface area contributed by atoms with E-state index in [9.17, 15) is 4.79 Å². The summed E-state index contributed by atoms with van der Waals surface area (Å²) in [6.45, 7) is 4.74. The molecule has 0 unspecified atom stereocenters. The zero-order valence-electron chi connectivity index (χ0n) is 9.36. The van der Waals surface area contributed by atoms with Crippen molar-refractivity contribution in [3.63, 3.8) is 0 Å². The van der Waals surface area contributed by atoms with Gasteiger partial charge in [-0.05, 0) is 24.5 Å². The van der Waals surface area contributed by atoms with E-state index in [0.29, 0.717) is 25.4 Å². The van der Waals surface area contributed by atoms with E-state index in [-0.39, 0.29) is 5.97 Å². The van der Waals surface area contributed by atoms with Gasteiger partial charge in [0.25, 0.3) is 0 Å². The van der Waals surface area contributed by atoms with Gasteiger partial charge in [0.05, 0.1) is 19.3 Å². The van der Waals surface area contributed by atoms with Crippen molar-refractivity contribution in [1.29, 1.82) is 0 Å². The Morgan fingerprint density at radius 2 is 2.33 bits per heavy atom. The van der Waals surface area contributed by atoms with Crippen LogP contribution in [0.25, 0.3) is 0 Å². The van der Waals surface area contributed by atoms with Crippen LogP contribution >= 0.6 is 0 Å². The normalized spacial score (nSPS) is 10.6. The molecule has 1 aromatic heterocycles. The fourth-order valence-electron chi connectivity index (χ4n) is 1.16. The van der Waals surface area contributed by atoms with Gasteiger partial charge in [0.15, 0.2) is 0 Å². The van der Waals surface area contributed by atoms with Crippen molar-refractivity contribution in [2.75, 3.05) is 6.61 Å². The molecule has 0 saturated heterocycles. The maximum Gasteiger partial charge on any atom is 0.306 e. The minimum absolute atomic E-state index is 0.146. The van der Waals surface area contributed by atoms with Crippen LogP contribution in [-0.4, -0.2) is 12.6 Å². The third-order valence-electron chi connectivity index (χ3n) is 2.11. The second-order valence-electron chi connectivity index (χ2n) is 3.98. The highest BCUT2D eigenvalue weighted by atomic mass is 16.5. The van der Waals surface area contributed by atoms with Crippen LogP contribution in [0.5, 0.6) is 0 Å². The first kappa shape index (κ1) is 11.8. The van der Waals surface area contributed by atoms with E-state index < -0.39 is 0 Å². The van der Waals surface area contributed by atoms with Crippen molar-refractivity contribution in [2.45, 2.75) is 33.1 Å². The summed E-state index contributed by atoms with van der Waals surface area (Å²) in [6.07, 6.45) is 3.55. The van der Waals surface area contributed by atoms with E-state index in [1.807, 2.05) is 12.1 Å². The lowest BCUT2D eigenvalue weighted by atomic mass is 10.1. The number of hydrogen-bond donors (Lipinski definition) is 0. The fourth-order valence-corrected chi connectivity index (χ4v) is 1.16. The van der Waals surface area contributed by atoms with Crippen molar-refractivity contribution in [2.24, 2.45) is 5.92 Å². The Bertz CT molecular complexity index is 275. The fraction of sp³-hybridized carbons (Fsp3) is 0.583. The molecule has 0 fully saturated rings. The molecule has 0 amide bonds. The van der Waals surface area contributed by atoms with Gasteiger partial charge in [-0.1, -0.05) is 13.8 Å². The topological polar surface area (TPSA) is 39.4 Å². The van der Waals surface area contributed by atoms with E-state index in [1.54, 1.807) is 6.26 Å². The molecular weight excluding hydrogens is 192 g/mol. The number of ether oxygens (including phenoxy) is 1. The summed E-state index contributed by atoms with van der Waals surface area (Å²) in [7, 11) is 0. The highest BCUT2D eigenvalue weighted by molar-refractivity contribution is 5.69. The highest BCUT2D eigenvalue weighted by Gasteiger charge is 2.05. The Labute approximate surface area is 90.4 Å². The predicted molar refractivity (Wildman–Crippen MR) is 57.4 cm³/mol. The van der Waals surface area contributed by atoms with Crippen LogP contribution in [0.15, 0.2) is 22.8 Å². The Hall–Kier alpha value is -1.25. The first-order valence-electron chi connectivity index (χ1n) is 5.36. The van der Waals surface area contributed by atoms with Gasteiger partial charge in [0.1, 0.15) is 5.76 Å². The lowest BCUT2D eigenvalue weighted by molar-refractivity contribution is -0.143. The van der Waals surface area contributed by atoms with Crippen LogP contribution in [0.1, 0.15) is 32.4 Å². The first-order valence-corrected chi connectivity index (χ1v) is 5.36. The molecule has 15 heavy (non-hydrogen) atoms. The summed E-state index contributed by atoms with van der Waals surface area (Å²) in [5.41, 5.74) is 0. The number of carbonyl (C=O) groups excluding carboxylic acids is 1. The summed E-state index contributed by atoms with van der Waals surface area (Å²) < 4.78 is 10.2. The summed E-state index contributed by atoms with van der Waals surface area (Å²) in [5.74, 6) is 1.26. The van der Waals surface area contributed by atoms with Crippen LogP contribution in [-0.2, 0) is 16.0 Å². The van der Waals surface area contributed by atoms with Crippen LogP contribution < -0.4 is 0 Å². The molecule has 1 rings (SSSR count). The van der Waals surface area contributed by atoms with Gasteiger partial charge in [-0.15, -0.1) is 0 Å².